The van der Waals surface area contributed by atoms with Gasteiger partial charge in [0, 0.05) is 19.8 Å². The van der Waals surface area contributed by atoms with Crippen molar-refractivity contribution in [1.82, 2.24) is 9.78 Å². The molecule has 8 heteroatoms. The summed E-state index contributed by atoms with van der Waals surface area (Å²) in [5, 5.41) is 17.9. The Morgan fingerprint density at radius 2 is 2.30 bits per heavy atom. The molecular weight excluding hydrogens is 331 g/mol. The van der Waals surface area contributed by atoms with E-state index in [0.717, 1.165) is 11.6 Å². The Morgan fingerprint density at radius 3 is 2.90 bits per heavy atom. The number of benzene rings is 1. The quantitative estimate of drug-likeness (QED) is 0.669. The Labute approximate surface area is 122 Å². The van der Waals surface area contributed by atoms with Gasteiger partial charge in [-0.1, -0.05) is 0 Å². The molecule has 0 saturated carbocycles. The molecule has 0 spiro atoms. The topological polar surface area (TPSA) is 73.0 Å². The third kappa shape index (κ3) is 3.32. The molecule has 20 heavy (non-hydrogen) atoms. The Morgan fingerprint density at radius 1 is 1.55 bits per heavy atom. The molecule has 1 aromatic heterocycles. The fourth-order valence-electron chi connectivity index (χ4n) is 1.77. The number of aromatic nitrogens is 2. The molecule has 0 aliphatic rings. The average Bonchev–Trinajstić information content (AvgIpc) is 2.79. The lowest BCUT2D eigenvalue weighted by molar-refractivity contribution is -0.384. The summed E-state index contributed by atoms with van der Waals surface area (Å²) in [6, 6.07) is 2.27. The van der Waals surface area contributed by atoms with E-state index < -0.39 is 10.7 Å². The molecule has 0 aliphatic carbocycles. The lowest BCUT2D eigenvalue weighted by Gasteiger charge is -2.07. The monoisotopic (exact) mass is 342 g/mol. The van der Waals surface area contributed by atoms with Gasteiger partial charge in [-0.05, 0) is 34.0 Å². The van der Waals surface area contributed by atoms with E-state index in [2.05, 4.69) is 26.3 Å². The molecule has 1 N–H and O–H groups in total. The highest BCUT2D eigenvalue weighted by Crippen LogP contribution is 2.30. The van der Waals surface area contributed by atoms with Gasteiger partial charge in [0.1, 0.15) is 11.5 Å². The first-order valence-corrected chi connectivity index (χ1v) is 6.61. The van der Waals surface area contributed by atoms with Crippen molar-refractivity contribution >= 4 is 27.3 Å². The second-order valence-corrected chi connectivity index (χ2v) is 5.09. The van der Waals surface area contributed by atoms with Crippen LogP contribution in [0.1, 0.15) is 5.56 Å². The van der Waals surface area contributed by atoms with Crippen molar-refractivity contribution in [1.29, 1.82) is 0 Å². The van der Waals surface area contributed by atoms with Crippen molar-refractivity contribution in [3.8, 4) is 0 Å². The number of hydrogen-bond acceptors (Lipinski definition) is 4. The van der Waals surface area contributed by atoms with Crippen LogP contribution in [-0.2, 0) is 13.5 Å². The number of aryl methyl sites for hydroxylation is 1. The molecule has 0 atom stereocenters. The first-order chi connectivity index (χ1) is 9.47. The summed E-state index contributed by atoms with van der Waals surface area (Å²) < 4.78 is 15.2. The second-order valence-electron chi connectivity index (χ2n) is 4.24. The van der Waals surface area contributed by atoms with Crippen LogP contribution in [0.2, 0.25) is 0 Å². The maximum atomic E-state index is 13.3. The molecule has 106 valence electrons. The number of nitro benzene ring substituents is 1. The van der Waals surface area contributed by atoms with Gasteiger partial charge in [-0.3, -0.25) is 14.8 Å². The molecule has 0 saturated heterocycles. The van der Waals surface area contributed by atoms with E-state index in [1.54, 1.807) is 10.9 Å². The summed E-state index contributed by atoms with van der Waals surface area (Å²) >= 11 is 3.02. The molecule has 6 nitrogen and oxygen atoms in total. The Hall–Kier alpha value is -1.96. The minimum atomic E-state index is -0.658. The molecule has 0 aliphatic heterocycles. The minimum Gasteiger partial charge on any atom is -0.379 e. The van der Waals surface area contributed by atoms with Crippen molar-refractivity contribution in [2.75, 3.05) is 11.9 Å². The molecule has 2 aromatic rings. The highest BCUT2D eigenvalue weighted by Gasteiger charge is 2.17. The van der Waals surface area contributed by atoms with E-state index in [1.807, 2.05) is 13.2 Å². The van der Waals surface area contributed by atoms with Crippen LogP contribution in [-0.4, -0.2) is 21.2 Å². The van der Waals surface area contributed by atoms with E-state index >= 15 is 0 Å². The van der Waals surface area contributed by atoms with Crippen LogP contribution in [0.25, 0.3) is 0 Å². The molecule has 0 unspecified atom stereocenters. The fraction of sp³-hybridized carbons (Fsp3) is 0.250. The number of nitrogens with one attached hydrogen (secondary N) is 1. The highest BCUT2D eigenvalue weighted by atomic mass is 79.9. The van der Waals surface area contributed by atoms with Gasteiger partial charge >= 0.3 is 0 Å². The van der Waals surface area contributed by atoms with Crippen molar-refractivity contribution in [2.24, 2.45) is 7.05 Å². The third-order valence-electron chi connectivity index (χ3n) is 2.72. The third-order valence-corrected chi connectivity index (χ3v) is 3.33. The first-order valence-electron chi connectivity index (χ1n) is 5.82. The van der Waals surface area contributed by atoms with Crippen molar-refractivity contribution < 1.29 is 9.31 Å². The summed E-state index contributed by atoms with van der Waals surface area (Å²) in [4.78, 5) is 10.3. The van der Waals surface area contributed by atoms with Gasteiger partial charge in [0.2, 0.25) is 0 Å². The Balaban J connectivity index is 2.08. The van der Waals surface area contributed by atoms with Gasteiger partial charge in [0.25, 0.3) is 5.69 Å². The van der Waals surface area contributed by atoms with Gasteiger partial charge in [0.15, 0.2) is 0 Å². The predicted molar refractivity (Wildman–Crippen MR) is 76.2 cm³/mol. The zero-order valence-corrected chi connectivity index (χ0v) is 12.2. The number of rotatable bonds is 5. The summed E-state index contributed by atoms with van der Waals surface area (Å²) in [5.74, 6) is -0.658. The zero-order chi connectivity index (χ0) is 14.7. The van der Waals surface area contributed by atoms with Gasteiger partial charge < -0.3 is 5.32 Å². The summed E-state index contributed by atoms with van der Waals surface area (Å²) in [7, 11) is 1.82. The standard InChI is InChI=1S/C12H12BrFN4O2/c1-17-7-8(6-16-17)2-3-15-11-4-9(13)10(14)5-12(11)18(19)20/h4-7,15H,2-3H2,1H3. The van der Waals surface area contributed by atoms with Crippen molar-refractivity contribution in [2.45, 2.75) is 6.42 Å². The molecule has 0 radical (unpaired) electrons. The Bertz CT molecular complexity index is 644. The van der Waals surface area contributed by atoms with Crippen LogP contribution in [0.3, 0.4) is 0 Å². The van der Waals surface area contributed by atoms with Crippen LogP contribution >= 0.6 is 15.9 Å². The van der Waals surface area contributed by atoms with E-state index in [9.17, 15) is 14.5 Å². The van der Waals surface area contributed by atoms with Gasteiger partial charge in [0.05, 0.1) is 21.7 Å². The molecule has 0 fully saturated rings. The highest BCUT2D eigenvalue weighted by molar-refractivity contribution is 9.10. The van der Waals surface area contributed by atoms with Crippen LogP contribution in [0.4, 0.5) is 15.8 Å². The summed E-state index contributed by atoms with van der Waals surface area (Å²) in [6.07, 6.45) is 4.27. The lowest BCUT2D eigenvalue weighted by Crippen LogP contribution is -2.07. The number of nitro groups is 1. The van der Waals surface area contributed by atoms with Gasteiger partial charge in [-0.15, -0.1) is 0 Å². The van der Waals surface area contributed by atoms with Crippen LogP contribution in [0.15, 0.2) is 29.0 Å². The number of anilines is 1. The fourth-order valence-corrected chi connectivity index (χ4v) is 2.11. The SMILES string of the molecule is Cn1cc(CCNc2cc(Br)c(F)cc2[N+](=O)[O-])cn1. The van der Waals surface area contributed by atoms with E-state index in [4.69, 9.17) is 0 Å². The molecule has 1 aromatic carbocycles. The first kappa shape index (κ1) is 14.4. The smallest absolute Gasteiger partial charge is 0.295 e. The average molecular weight is 343 g/mol. The molecule has 0 bridgehead atoms. The normalized spacial score (nSPS) is 10.6. The largest absolute Gasteiger partial charge is 0.379 e. The maximum Gasteiger partial charge on any atom is 0.295 e. The summed E-state index contributed by atoms with van der Waals surface area (Å²) in [6.45, 7) is 0.491. The molecule has 0 amide bonds. The predicted octanol–water partition coefficient (Wildman–Crippen LogP) is 2.88. The molecule has 2 rings (SSSR count). The van der Waals surface area contributed by atoms with Crippen LogP contribution in [0.5, 0.6) is 0 Å². The van der Waals surface area contributed by atoms with Crippen molar-refractivity contribution in [3.63, 3.8) is 0 Å². The Kier molecular flexibility index (Phi) is 4.33. The van der Waals surface area contributed by atoms with Gasteiger partial charge in [-0.25, -0.2) is 4.39 Å². The maximum absolute atomic E-state index is 13.3. The number of hydrogen-bond donors (Lipinski definition) is 1. The van der Waals surface area contributed by atoms with E-state index in [1.165, 1.54) is 6.07 Å². The number of halogens is 2. The number of nitrogens with zero attached hydrogens (tertiary/aromatic N) is 3. The lowest BCUT2D eigenvalue weighted by atomic mass is 10.2. The molecule has 1 heterocycles. The van der Waals surface area contributed by atoms with E-state index in [-0.39, 0.29) is 15.8 Å². The van der Waals surface area contributed by atoms with Crippen LogP contribution < -0.4 is 5.32 Å². The zero-order valence-electron chi connectivity index (χ0n) is 10.6. The van der Waals surface area contributed by atoms with E-state index in [0.29, 0.717) is 13.0 Å². The second kappa shape index (κ2) is 6.00. The summed E-state index contributed by atoms with van der Waals surface area (Å²) in [5.41, 5.74) is 1.02. The molecular formula is C12H12BrFN4O2. The van der Waals surface area contributed by atoms with Gasteiger partial charge in [-0.2, -0.15) is 5.10 Å². The van der Waals surface area contributed by atoms with Crippen LogP contribution in [0, 0.1) is 15.9 Å². The van der Waals surface area contributed by atoms with Crippen molar-refractivity contribution in [3.05, 3.63) is 50.5 Å². The minimum absolute atomic E-state index is 0.187.